The molecule has 3 rings (SSSR count). The summed E-state index contributed by atoms with van der Waals surface area (Å²) in [7, 11) is 0. The number of nitrogens with one attached hydrogen (secondary N) is 1. The zero-order valence-corrected chi connectivity index (χ0v) is 13.2. The van der Waals surface area contributed by atoms with Gasteiger partial charge in [-0.2, -0.15) is 0 Å². The molecule has 1 N–H and O–H groups in total. The van der Waals surface area contributed by atoms with Crippen molar-refractivity contribution in [1.29, 1.82) is 0 Å². The van der Waals surface area contributed by atoms with Gasteiger partial charge in [0.25, 0.3) is 0 Å². The fraction of sp³-hybridized carbons (Fsp3) is 0.188. The van der Waals surface area contributed by atoms with E-state index in [9.17, 15) is 9.18 Å². The van der Waals surface area contributed by atoms with Gasteiger partial charge in [0.05, 0.1) is 6.42 Å². The first-order chi connectivity index (χ1) is 10.6. The highest BCUT2D eigenvalue weighted by atomic mass is 79.9. The second kappa shape index (κ2) is 6.36. The van der Waals surface area contributed by atoms with Crippen molar-refractivity contribution >= 4 is 27.5 Å². The molecular weight excluding hydrogens is 353 g/mol. The lowest BCUT2D eigenvalue weighted by atomic mass is 10.1. The van der Waals surface area contributed by atoms with Crippen molar-refractivity contribution < 1.29 is 18.7 Å². The normalized spacial score (nSPS) is 12.8. The molecule has 0 fully saturated rings. The van der Waals surface area contributed by atoms with Crippen LogP contribution in [0.1, 0.15) is 5.56 Å². The van der Waals surface area contributed by atoms with E-state index >= 15 is 0 Å². The van der Waals surface area contributed by atoms with Crippen LogP contribution in [0.4, 0.5) is 10.1 Å². The van der Waals surface area contributed by atoms with Gasteiger partial charge < -0.3 is 14.8 Å². The van der Waals surface area contributed by atoms with Crippen molar-refractivity contribution in [2.75, 3.05) is 18.5 Å². The molecule has 1 heterocycles. The second-order valence-electron chi connectivity index (χ2n) is 4.82. The number of hydrogen-bond donors (Lipinski definition) is 1. The van der Waals surface area contributed by atoms with E-state index in [1.807, 2.05) is 0 Å². The lowest BCUT2D eigenvalue weighted by molar-refractivity contribution is -0.115. The lowest BCUT2D eigenvalue weighted by Gasteiger charge is -2.19. The Morgan fingerprint density at radius 1 is 1.14 bits per heavy atom. The van der Waals surface area contributed by atoms with Gasteiger partial charge in [0.1, 0.15) is 19.0 Å². The highest BCUT2D eigenvalue weighted by Gasteiger charge is 2.16. The molecule has 0 saturated heterocycles. The molecule has 0 aromatic heterocycles. The van der Waals surface area contributed by atoms with Gasteiger partial charge in [-0.1, -0.05) is 15.9 Å². The number of benzene rings is 2. The van der Waals surface area contributed by atoms with Crippen LogP contribution in [-0.4, -0.2) is 19.1 Å². The number of hydrogen-bond acceptors (Lipinski definition) is 3. The van der Waals surface area contributed by atoms with Crippen LogP contribution >= 0.6 is 15.9 Å². The number of halogens is 2. The summed E-state index contributed by atoms with van der Waals surface area (Å²) in [6, 6.07) is 9.24. The standard InChI is InChI=1S/C16H13BrFNO3/c17-13-9-15-14(21-5-6-22-15)7-10(13)8-16(20)19-12-3-1-11(18)2-4-12/h1-4,7,9H,5-6,8H2,(H,19,20). The molecule has 0 atom stereocenters. The molecule has 0 radical (unpaired) electrons. The third-order valence-electron chi connectivity index (χ3n) is 3.19. The van der Waals surface area contributed by atoms with E-state index in [1.165, 1.54) is 24.3 Å². The van der Waals surface area contributed by atoms with Crippen LogP contribution in [-0.2, 0) is 11.2 Å². The topological polar surface area (TPSA) is 47.6 Å². The zero-order chi connectivity index (χ0) is 15.5. The zero-order valence-electron chi connectivity index (χ0n) is 11.6. The van der Waals surface area contributed by atoms with Crippen LogP contribution in [0.15, 0.2) is 40.9 Å². The SMILES string of the molecule is O=C(Cc1cc2c(cc1Br)OCCO2)Nc1ccc(F)cc1. The summed E-state index contributed by atoms with van der Waals surface area (Å²) in [5.41, 5.74) is 1.35. The number of carbonyl (C=O) groups is 1. The van der Waals surface area contributed by atoms with E-state index in [0.717, 1.165) is 10.0 Å². The number of fused-ring (bicyclic) bond motifs is 1. The quantitative estimate of drug-likeness (QED) is 0.904. The highest BCUT2D eigenvalue weighted by Crippen LogP contribution is 2.35. The molecule has 0 saturated carbocycles. The van der Waals surface area contributed by atoms with E-state index in [4.69, 9.17) is 9.47 Å². The largest absolute Gasteiger partial charge is 0.486 e. The number of amides is 1. The minimum Gasteiger partial charge on any atom is -0.486 e. The van der Waals surface area contributed by atoms with Crippen LogP contribution in [0.25, 0.3) is 0 Å². The monoisotopic (exact) mass is 365 g/mol. The van der Waals surface area contributed by atoms with Crippen LogP contribution in [0.2, 0.25) is 0 Å². The Hall–Kier alpha value is -2.08. The Labute approximate surface area is 135 Å². The summed E-state index contributed by atoms with van der Waals surface area (Å²) in [5, 5.41) is 2.73. The predicted molar refractivity (Wildman–Crippen MR) is 83.9 cm³/mol. The average Bonchev–Trinajstić information content (AvgIpc) is 2.50. The van der Waals surface area contributed by atoms with Crippen molar-refractivity contribution in [3.8, 4) is 11.5 Å². The van der Waals surface area contributed by atoms with Crippen molar-refractivity contribution in [3.05, 3.63) is 52.3 Å². The summed E-state index contributed by atoms with van der Waals surface area (Å²) in [4.78, 5) is 12.1. The molecule has 22 heavy (non-hydrogen) atoms. The minimum absolute atomic E-state index is 0.175. The average molecular weight is 366 g/mol. The number of rotatable bonds is 3. The van der Waals surface area contributed by atoms with Gasteiger partial charge in [-0.05, 0) is 42.0 Å². The summed E-state index contributed by atoms with van der Waals surface area (Å²) in [5.74, 6) is 0.774. The molecule has 0 bridgehead atoms. The van der Waals surface area contributed by atoms with Crippen LogP contribution in [0.5, 0.6) is 11.5 Å². The summed E-state index contributed by atoms with van der Waals surface area (Å²) < 4.78 is 24.6. The fourth-order valence-corrected chi connectivity index (χ4v) is 2.62. The Bertz CT molecular complexity index is 703. The molecule has 2 aromatic rings. The number of ether oxygens (including phenoxy) is 2. The van der Waals surface area contributed by atoms with E-state index in [-0.39, 0.29) is 18.1 Å². The van der Waals surface area contributed by atoms with Gasteiger partial charge in [-0.25, -0.2) is 4.39 Å². The molecule has 1 amide bonds. The molecule has 0 unspecified atom stereocenters. The van der Waals surface area contributed by atoms with Crippen LogP contribution in [0, 0.1) is 5.82 Å². The molecule has 2 aromatic carbocycles. The molecule has 1 aliphatic heterocycles. The first-order valence-corrected chi connectivity index (χ1v) is 7.54. The van der Waals surface area contributed by atoms with Gasteiger partial charge >= 0.3 is 0 Å². The molecule has 114 valence electrons. The smallest absolute Gasteiger partial charge is 0.228 e. The van der Waals surface area contributed by atoms with Gasteiger partial charge in [0.2, 0.25) is 5.91 Å². The number of anilines is 1. The molecule has 0 aliphatic carbocycles. The number of carbonyl (C=O) groups excluding carboxylic acids is 1. The molecular formula is C16H13BrFNO3. The maximum absolute atomic E-state index is 12.8. The van der Waals surface area contributed by atoms with Gasteiger partial charge in [-0.15, -0.1) is 0 Å². The first kappa shape index (κ1) is 14.8. The predicted octanol–water partition coefficient (Wildman–Crippen LogP) is 3.54. The lowest BCUT2D eigenvalue weighted by Crippen LogP contribution is -2.17. The molecule has 4 nitrogen and oxygen atoms in total. The van der Waals surface area contributed by atoms with Crippen LogP contribution < -0.4 is 14.8 Å². The maximum Gasteiger partial charge on any atom is 0.228 e. The van der Waals surface area contributed by atoms with E-state index in [1.54, 1.807) is 12.1 Å². The molecule has 1 aliphatic rings. The van der Waals surface area contributed by atoms with E-state index < -0.39 is 0 Å². The van der Waals surface area contributed by atoms with Gasteiger partial charge in [0.15, 0.2) is 11.5 Å². The Balaban J connectivity index is 1.72. The van der Waals surface area contributed by atoms with E-state index in [0.29, 0.717) is 30.4 Å². The third kappa shape index (κ3) is 3.39. The Kier molecular flexibility index (Phi) is 4.29. The van der Waals surface area contributed by atoms with E-state index in [2.05, 4.69) is 21.2 Å². The van der Waals surface area contributed by atoms with Crippen molar-refractivity contribution in [1.82, 2.24) is 0 Å². The highest BCUT2D eigenvalue weighted by molar-refractivity contribution is 9.10. The van der Waals surface area contributed by atoms with Crippen molar-refractivity contribution in [3.63, 3.8) is 0 Å². The summed E-state index contributed by atoms with van der Waals surface area (Å²) >= 11 is 3.43. The fourth-order valence-electron chi connectivity index (χ4n) is 2.15. The summed E-state index contributed by atoms with van der Waals surface area (Å²) in [6.07, 6.45) is 0.175. The summed E-state index contributed by atoms with van der Waals surface area (Å²) in [6.45, 7) is 1.01. The first-order valence-electron chi connectivity index (χ1n) is 6.75. The van der Waals surface area contributed by atoms with Gasteiger partial charge in [0, 0.05) is 10.2 Å². The maximum atomic E-state index is 12.8. The van der Waals surface area contributed by atoms with Crippen molar-refractivity contribution in [2.24, 2.45) is 0 Å². The molecule has 0 spiro atoms. The Morgan fingerprint density at radius 2 is 1.77 bits per heavy atom. The third-order valence-corrected chi connectivity index (χ3v) is 3.93. The minimum atomic E-state index is -0.340. The Morgan fingerprint density at radius 3 is 2.45 bits per heavy atom. The van der Waals surface area contributed by atoms with Crippen molar-refractivity contribution in [2.45, 2.75) is 6.42 Å². The van der Waals surface area contributed by atoms with Crippen LogP contribution in [0.3, 0.4) is 0 Å². The van der Waals surface area contributed by atoms with Gasteiger partial charge in [-0.3, -0.25) is 4.79 Å². The second-order valence-corrected chi connectivity index (χ2v) is 5.67. The molecule has 6 heteroatoms.